The molecular formula is C20H19ClN6. The summed E-state index contributed by atoms with van der Waals surface area (Å²) >= 11 is 6.16. The van der Waals surface area contributed by atoms with E-state index in [4.69, 9.17) is 22.6 Å². The van der Waals surface area contributed by atoms with Gasteiger partial charge in [0.05, 0.1) is 22.6 Å². The van der Waals surface area contributed by atoms with Gasteiger partial charge < -0.3 is 10.6 Å². The van der Waals surface area contributed by atoms with Crippen molar-refractivity contribution in [2.45, 2.75) is 6.54 Å². The van der Waals surface area contributed by atoms with Gasteiger partial charge >= 0.3 is 0 Å². The highest BCUT2D eigenvalue weighted by Gasteiger charge is 2.19. The van der Waals surface area contributed by atoms with Crippen LogP contribution in [0.15, 0.2) is 42.5 Å². The summed E-state index contributed by atoms with van der Waals surface area (Å²) < 4.78 is 0. The first kappa shape index (κ1) is 17.5. The second-order valence-corrected chi connectivity index (χ2v) is 6.99. The molecule has 0 unspecified atom stereocenters. The molecule has 0 saturated carbocycles. The van der Waals surface area contributed by atoms with Crippen LogP contribution in [0.25, 0.3) is 10.9 Å². The molecule has 0 bridgehead atoms. The molecule has 6 nitrogen and oxygen atoms in total. The molecule has 1 fully saturated rings. The van der Waals surface area contributed by atoms with E-state index in [1.54, 1.807) is 6.07 Å². The van der Waals surface area contributed by atoms with E-state index in [0.717, 1.165) is 48.6 Å². The van der Waals surface area contributed by atoms with Crippen LogP contribution in [0.2, 0.25) is 5.02 Å². The quantitative estimate of drug-likeness (QED) is 0.754. The number of benzene rings is 2. The van der Waals surface area contributed by atoms with Crippen LogP contribution in [0.5, 0.6) is 0 Å². The number of nitrogens with zero attached hydrogens (tertiary/aromatic N) is 5. The Kier molecular flexibility index (Phi) is 4.80. The maximum atomic E-state index is 9.00. The Morgan fingerprint density at radius 1 is 1.07 bits per heavy atom. The third-order valence-corrected chi connectivity index (χ3v) is 5.17. The van der Waals surface area contributed by atoms with Gasteiger partial charge in [-0.05, 0) is 30.3 Å². The van der Waals surface area contributed by atoms with Gasteiger partial charge in [-0.2, -0.15) is 5.26 Å². The van der Waals surface area contributed by atoms with Gasteiger partial charge in [0, 0.05) is 37.3 Å². The molecule has 27 heavy (non-hydrogen) atoms. The summed E-state index contributed by atoms with van der Waals surface area (Å²) in [4.78, 5) is 13.7. The summed E-state index contributed by atoms with van der Waals surface area (Å²) in [6.07, 6.45) is 0. The number of halogens is 1. The molecule has 1 aromatic heterocycles. The van der Waals surface area contributed by atoms with E-state index in [2.05, 4.69) is 25.8 Å². The second-order valence-electron chi connectivity index (χ2n) is 6.58. The van der Waals surface area contributed by atoms with E-state index in [9.17, 15) is 0 Å². The molecule has 136 valence electrons. The first-order valence-electron chi connectivity index (χ1n) is 8.82. The van der Waals surface area contributed by atoms with Crippen LogP contribution in [0.4, 0.5) is 11.5 Å². The largest absolute Gasteiger partial charge is 0.383 e. The SMILES string of the molecule is N#Cc1ccc(N2CCN(Cc3nc(N)c4ccccc4n3)CC2)cc1Cl. The monoisotopic (exact) mass is 378 g/mol. The number of anilines is 2. The Labute approximate surface area is 162 Å². The standard InChI is InChI=1S/C20H19ClN6/c21-17-11-15(6-5-14(17)12-22)27-9-7-26(8-10-27)13-19-24-18-4-2-1-3-16(18)20(23)25-19/h1-6,11H,7-10,13H2,(H2,23,24,25). The Morgan fingerprint density at radius 3 is 2.59 bits per heavy atom. The van der Waals surface area contributed by atoms with Crippen LogP contribution in [0.1, 0.15) is 11.4 Å². The summed E-state index contributed by atoms with van der Waals surface area (Å²) in [5, 5.41) is 10.4. The van der Waals surface area contributed by atoms with Crippen LogP contribution in [0, 0.1) is 11.3 Å². The molecule has 0 atom stereocenters. The number of para-hydroxylation sites is 1. The molecule has 2 heterocycles. The Bertz CT molecular complexity index is 1020. The molecule has 3 aromatic rings. The Morgan fingerprint density at radius 2 is 1.85 bits per heavy atom. The highest BCUT2D eigenvalue weighted by molar-refractivity contribution is 6.32. The normalized spacial score (nSPS) is 15.0. The van der Waals surface area contributed by atoms with Gasteiger partial charge in [-0.15, -0.1) is 0 Å². The van der Waals surface area contributed by atoms with Crippen molar-refractivity contribution in [3.8, 4) is 6.07 Å². The van der Waals surface area contributed by atoms with Crippen LogP contribution >= 0.6 is 11.6 Å². The van der Waals surface area contributed by atoms with Gasteiger partial charge in [-0.25, -0.2) is 9.97 Å². The maximum Gasteiger partial charge on any atom is 0.145 e. The lowest BCUT2D eigenvalue weighted by Gasteiger charge is -2.35. The zero-order chi connectivity index (χ0) is 18.8. The zero-order valence-electron chi connectivity index (χ0n) is 14.8. The number of piperazine rings is 1. The van der Waals surface area contributed by atoms with Gasteiger partial charge in [0.1, 0.15) is 17.7 Å². The first-order chi connectivity index (χ1) is 13.1. The number of nitriles is 1. The van der Waals surface area contributed by atoms with Gasteiger partial charge in [0.15, 0.2) is 0 Å². The molecule has 0 spiro atoms. The number of aromatic nitrogens is 2. The first-order valence-corrected chi connectivity index (χ1v) is 9.20. The fraction of sp³-hybridized carbons (Fsp3) is 0.250. The Balaban J connectivity index is 1.43. The average Bonchev–Trinajstić information content (AvgIpc) is 2.68. The summed E-state index contributed by atoms with van der Waals surface area (Å²) in [7, 11) is 0. The molecule has 0 radical (unpaired) electrons. The highest BCUT2D eigenvalue weighted by Crippen LogP contribution is 2.24. The maximum absolute atomic E-state index is 9.00. The summed E-state index contributed by atoms with van der Waals surface area (Å²) in [5.41, 5.74) is 8.52. The average molecular weight is 379 g/mol. The minimum Gasteiger partial charge on any atom is -0.383 e. The number of hydrogen-bond donors (Lipinski definition) is 1. The number of fused-ring (bicyclic) bond motifs is 1. The summed E-state index contributed by atoms with van der Waals surface area (Å²) in [5.74, 6) is 1.28. The zero-order valence-corrected chi connectivity index (χ0v) is 15.5. The van der Waals surface area contributed by atoms with Gasteiger partial charge in [-0.1, -0.05) is 23.7 Å². The van der Waals surface area contributed by atoms with Crippen molar-refractivity contribution in [1.29, 1.82) is 5.26 Å². The molecule has 2 aromatic carbocycles. The van der Waals surface area contributed by atoms with Crippen molar-refractivity contribution in [1.82, 2.24) is 14.9 Å². The molecule has 0 amide bonds. The summed E-state index contributed by atoms with van der Waals surface area (Å²) in [6, 6.07) is 15.5. The molecule has 1 saturated heterocycles. The lowest BCUT2D eigenvalue weighted by atomic mass is 10.2. The van der Waals surface area contributed by atoms with Crippen LogP contribution in [0.3, 0.4) is 0 Å². The van der Waals surface area contributed by atoms with Crippen LogP contribution < -0.4 is 10.6 Å². The van der Waals surface area contributed by atoms with E-state index in [1.807, 2.05) is 36.4 Å². The van der Waals surface area contributed by atoms with Gasteiger partial charge in [0.25, 0.3) is 0 Å². The molecule has 1 aliphatic heterocycles. The highest BCUT2D eigenvalue weighted by atomic mass is 35.5. The topological polar surface area (TPSA) is 82.1 Å². The minimum absolute atomic E-state index is 0.498. The summed E-state index contributed by atoms with van der Waals surface area (Å²) in [6.45, 7) is 4.23. The van der Waals surface area contributed by atoms with Crippen LogP contribution in [-0.4, -0.2) is 41.0 Å². The molecule has 7 heteroatoms. The molecule has 0 aliphatic carbocycles. The predicted octanol–water partition coefficient (Wildman–Crippen LogP) is 3.06. The number of hydrogen-bond acceptors (Lipinski definition) is 6. The third kappa shape index (κ3) is 3.65. The van der Waals surface area contributed by atoms with E-state index in [0.29, 0.717) is 22.9 Å². The van der Waals surface area contributed by atoms with Crippen molar-refractivity contribution in [3.05, 3.63) is 58.9 Å². The number of rotatable bonds is 3. The van der Waals surface area contributed by atoms with Crippen molar-refractivity contribution in [2.24, 2.45) is 0 Å². The van der Waals surface area contributed by atoms with E-state index in [-0.39, 0.29) is 0 Å². The Hall–Kier alpha value is -2.88. The minimum atomic E-state index is 0.498. The lowest BCUT2D eigenvalue weighted by Crippen LogP contribution is -2.46. The predicted molar refractivity (Wildman–Crippen MR) is 108 cm³/mol. The van der Waals surface area contributed by atoms with Crippen molar-refractivity contribution in [3.63, 3.8) is 0 Å². The molecular weight excluding hydrogens is 360 g/mol. The van der Waals surface area contributed by atoms with Crippen LogP contribution in [-0.2, 0) is 6.54 Å². The smallest absolute Gasteiger partial charge is 0.145 e. The second kappa shape index (κ2) is 7.39. The van der Waals surface area contributed by atoms with E-state index >= 15 is 0 Å². The van der Waals surface area contributed by atoms with Crippen molar-refractivity contribution >= 4 is 34.0 Å². The van der Waals surface area contributed by atoms with E-state index in [1.165, 1.54) is 0 Å². The fourth-order valence-corrected chi connectivity index (χ4v) is 3.59. The number of nitrogens with two attached hydrogens (primary N) is 1. The van der Waals surface area contributed by atoms with Gasteiger partial charge in [0.2, 0.25) is 0 Å². The van der Waals surface area contributed by atoms with Gasteiger partial charge in [-0.3, -0.25) is 4.90 Å². The molecule has 1 aliphatic rings. The third-order valence-electron chi connectivity index (χ3n) is 4.85. The van der Waals surface area contributed by atoms with E-state index < -0.39 is 0 Å². The lowest BCUT2D eigenvalue weighted by molar-refractivity contribution is 0.244. The number of nitrogen functional groups attached to an aromatic ring is 1. The molecule has 2 N–H and O–H groups in total. The van der Waals surface area contributed by atoms with Crippen molar-refractivity contribution in [2.75, 3.05) is 36.8 Å². The van der Waals surface area contributed by atoms with Crippen molar-refractivity contribution < 1.29 is 0 Å². The fourth-order valence-electron chi connectivity index (χ4n) is 3.38. The molecule has 4 rings (SSSR count).